The van der Waals surface area contributed by atoms with Crippen LogP contribution in [0.2, 0.25) is 0 Å². The number of rotatable bonds is 3. The number of carbonyl (C=O) groups excluding carboxylic acids is 1. The Morgan fingerprint density at radius 1 is 1.41 bits per heavy atom. The molecule has 0 saturated carbocycles. The van der Waals surface area contributed by atoms with Gasteiger partial charge in [-0.25, -0.2) is 4.39 Å². The first-order valence-electron chi connectivity index (χ1n) is 7.30. The molecule has 0 aliphatic carbocycles. The molecule has 3 rings (SSSR count). The van der Waals surface area contributed by atoms with Crippen LogP contribution in [0.4, 0.5) is 10.1 Å². The number of hydrogen-bond acceptors (Lipinski definition) is 3. The first-order valence-corrected chi connectivity index (χ1v) is 8.18. The van der Waals surface area contributed by atoms with Crippen molar-refractivity contribution in [1.29, 1.82) is 0 Å². The number of nitrogens with zero attached hydrogens (tertiary/aromatic N) is 2. The highest BCUT2D eigenvalue weighted by molar-refractivity contribution is 7.07. The monoisotopic (exact) mass is 320 g/mol. The normalized spacial score (nSPS) is 14.0. The van der Waals surface area contributed by atoms with Gasteiger partial charge in [-0.3, -0.25) is 9.59 Å². The molecule has 0 atom stereocenters. The van der Waals surface area contributed by atoms with Crippen LogP contribution in [0.5, 0.6) is 0 Å². The van der Waals surface area contributed by atoms with Crippen molar-refractivity contribution in [3.05, 3.63) is 50.3 Å². The molecule has 0 N–H and O–H groups in total. The van der Waals surface area contributed by atoms with E-state index in [0.717, 1.165) is 35.4 Å². The predicted molar refractivity (Wildman–Crippen MR) is 85.0 cm³/mol. The molecule has 116 valence electrons. The molecule has 0 radical (unpaired) electrons. The van der Waals surface area contributed by atoms with Gasteiger partial charge in [0.15, 0.2) is 0 Å². The van der Waals surface area contributed by atoms with E-state index in [1.54, 1.807) is 16.0 Å². The quantitative estimate of drug-likeness (QED) is 0.872. The molecular weight excluding hydrogens is 303 g/mol. The van der Waals surface area contributed by atoms with Crippen LogP contribution >= 0.6 is 11.3 Å². The fraction of sp³-hybridized carbons (Fsp3) is 0.375. The number of benzene rings is 1. The van der Waals surface area contributed by atoms with Gasteiger partial charge in [0.1, 0.15) is 5.82 Å². The molecule has 1 aromatic carbocycles. The summed E-state index contributed by atoms with van der Waals surface area (Å²) in [5.41, 5.74) is 2.14. The van der Waals surface area contributed by atoms with Crippen molar-refractivity contribution >= 4 is 22.9 Å². The lowest BCUT2D eigenvalue weighted by Gasteiger charge is -2.30. The summed E-state index contributed by atoms with van der Waals surface area (Å²) in [6, 6.07) is 4.93. The van der Waals surface area contributed by atoms with Gasteiger partial charge in [0.25, 0.3) is 0 Å². The summed E-state index contributed by atoms with van der Waals surface area (Å²) in [4.78, 5) is 25.6. The van der Waals surface area contributed by atoms with Gasteiger partial charge in [0.2, 0.25) is 5.91 Å². The Kier molecular flexibility index (Phi) is 4.11. The first-order chi connectivity index (χ1) is 10.6. The van der Waals surface area contributed by atoms with Crippen molar-refractivity contribution in [2.45, 2.75) is 32.7 Å². The zero-order chi connectivity index (χ0) is 15.7. The average Bonchev–Trinajstić information content (AvgIpc) is 2.83. The third kappa shape index (κ3) is 2.70. The van der Waals surface area contributed by atoms with Crippen molar-refractivity contribution < 1.29 is 9.18 Å². The van der Waals surface area contributed by atoms with Crippen LogP contribution < -0.4 is 9.77 Å². The highest BCUT2D eigenvalue weighted by atomic mass is 32.1. The van der Waals surface area contributed by atoms with Crippen molar-refractivity contribution in [1.82, 2.24) is 4.57 Å². The third-order valence-corrected chi connectivity index (χ3v) is 4.88. The molecule has 22 heavy (non-hydrogen) atoms. The second-order valence-corrected chi connectivity index (χ2v) is 6.26. The lowest BCUT2D eigenvalue weighted by molar-refractivity contribution is -0.119. The van der Waals surface area contributed by atoms with E-state index in [0.29, 0.717) is 18.8 Å². The Morgan fingerprint density at radius 2 is 2.23 bits per heavy atom. The fourth-order valence-electron chi connectivity index (χ4n) is 2.87. The second kappa shape index (κ2) is 6.04. The standard InChI is InChI=1S/C16H17FN2O2S/c1-11-10-22-16(21)18(11)9-7-14(20)19-8-3-5-12-4-2-6-13(17)15(12)19/h2,4,6,10H,3,5,7-9H2,1H3. The van der Waals surface area contributed by atoms with E-state index in [4.69, 9.17) is 0 Å². The summed E-state index contributed by atoms with van der Waals surface area (Å²) in [6.45, 7) is 2.72. The lowest BCUT2D eigenvalue weighted by atomic mass is 10.0. The summed E-state index contributed by atoms with van der Waals surface area (Å²) in [5.74, 6) is -0.488. The number of hydrogen-bond donors (Lipinski definition) is 0. The van der Waals surface area contributed by atoms with Crippen LogP contribution in [0, 0.1) is 12.7 Å². The van der Waals surface area contributed by atoms with E-state index >= 15 is 0 Å². The number of halogens is 1. The molecular formula is C16H17FN2O2S. The van der Waals surface area contributed by atoms with Gasteiger partial charge < -0.3 is 9.47 Å². The number of para-hydroxylation sites is 1. The van der Waals surface area contributed by atoms with E-state index in [2.05, 4.69) is 0 Å². The Bertz CT molecular complexity index is 766. The zero-order valence-electron chi connectivity index (χ0n) is 12.3. The molecule has 1 aromatic heterocycles. The van der Waals surface area contributed by atoms with Crippen molar-refractivity contribution in [3.63, 3.8) is 0 Å². The maximum atomic E-state index is 14.1. The first kappa shape index (κ1) is 15.0. The van der Waals surface area contributed by atoms with Gasteiger partial charge in [0, 0.05) is 30.6 Å². The van der Waals surface area contributed by atoms with Crippen LogP contribution in [0.15, 0.2) is 28.4 Å². The summed E-state index contributed by atoms with van der Waals surface area (Å²) in [6.07, 6.45) is 1.82. The number of anilines is 1. The summed E-state index contributed by atoms with van der Waals surface area (Å²) in [7, 11) is 0. The van der Waals surface area contributed by atoms with Gasteiger partial charge in [-0.15, -0.1) is 0 Å². The van der Waals surface area contributed by atoms with Crippen LogP contribution in [-0.2, 0) is 17.8 Å². The Hall–Kier alpha value is -1.95. The molecule has 0 spiro atoms. The molecule has 0 fully saturated rings. The Morgan fingerprint density at radius 3 is 2.95 bits per heavy atom. The van der Waals surface area contributed by atoms with Gasteiger partial charge >= 0.3 is 4.87 Å². The summed E-state index contributed by atoms with van der Waals surface area (Å²) in [5, 5.41) is 1.78. The maximum absolute atomic E-state index is 14.1. The van der Waals surface area contributed by atoms with Crippen molar-refractivity contribution in [2.75, 3.05) is 11.4 Å². The molecule has 1 aliphatic heterocycles. The SMILES string of the molecule is Cc1csc(=O)n1CCC(=O)N1CCCc2cccc(F)c21. The number of aryl methyl sites for hydroxylation is 2. The minimum absolute atomic E-state index is 0.0597. The zero-order valence-corrected chi connectivity index (χ0v) is 13.2. The highest BCUT2D eigenvalue weighted by Crippen LogP contribution is 2.30. The van der Waals surface area contributed by atoms with Crippen LogP contribution in [0.25, 0.3) is 0 Å². The van der Waals surface area contributed by atoms with E-state index in [-0.39, 0.29) is 23.0 Å². The average molecular weight is 320 g/mol. The largest absolute Gasteiger partial charge is 0.309 e. The van der Waals surface area contributed by atoms with Gasteiger partial charge in [-0.05, 0) is 31.4 Å². The van der Waals surface area contributed by atoms with Crippen LogP contribution in [0.3, 0.4) is 0 Å². The molecule has 0 bridgehead atoms. The maximum Gasteiger partial charge on any atom is 0.307 e. The van der Waals surface area contributed by atoms with E-state index < -0.39 is 0 Å². The molecule has 0 unspecified atom stereocenters. The molecule has 1 aliphatic rings. The number of thiazole rings is 1. The van der Waals surface area contributed by atoms with Crippen molar-refractivity contribution in [2.24, 2.45) is 0 Å². The third-order valence-electron chi connectivity index (χ3n) is 3.99. The van der Waals surface area contributed by atoms with Crippen molar-refractivity contribution in [3.8, 4) is 0 Å². The van der Waals surface area contributed by atoms with E-state index in [1.807, 2.05) is 13.0 Å². The highest BCUT2D eigenvalue weighted by Gasteiger charge is 2.25. The summed E-state index contributed by atoms with van der Waals surface area (Å²) < 4.78 is 15.7. The number of carbonyl (C=O) groups is 1. The fourth-order valence-corrected chi connectivity index (χ4v) is 3.63. The van der Waals surface area contributed by atoms with Gasteiger partial charge in [-0.1, -0.05) is 23.5 Å². The molecule has 4 nitrogen and oxygen atoms in total. The van der Waals surface area contributed by atoms with Gasteiger partial charge in [0.05, 0.1) is 5.69 Å². The Labute approximate surface area is 131 Å². The lowest BCUT2D eigenvalue weighted by Crippen LogP contribution is -2.37. The molecule has 6 heteroatoms. The topological polar surface area (TPSA) is 42.3 Å². The number of amides is 1. The minimum atomic E-state index is -0.352. The minimum Gasteiger partial charge on any atom is -0.309 e. The van der Waals surface area contributed by atoms with E-state index in [9.17, 15) is 14.0 Å². The number of fused-ring (bicyclic) bond motifs is 1. The molecule has 0 saturated heterocycles. The number of aromatic nitrogens is 1. The molecule has 1 amide bonds. The van der Waals surface area contributed by atoms with Crippen LogP contribution in [-0.4, -0.2) is 17.0 Å². The Balaban J connectivity index is 1.79. The summed E-state index contributed by atoms with van der Waals surface area (Å²) >= 11 is 1.13. The van der Waals surface area contributed by atoms with E-state index in [1.165, 1.54) is 11.0 Å². The molecule has 2 heterocycles. The predicted octanol–water partition coefficient (Wildman–Crippen LogP) is 2.73. The second-order valence-electron chi connectivity index (χ2n) is 5.44. The smallest absolute Gasteiger partial charge is 0.307 e. The molecule has 2 aromatic rings. The van der Waals surface area contributed by atoms with Crippen LogP contribution in [0.1, 0.15) is 24.1 Å². The van der Waals surface area contributed by atoms with Gasteiger partial charge in [-0.2, -0.15) is 0 Å².